The van der Waals surface area contributed by atoms with Crippen LogP contribution in [-0.2, 0) is 11.3 Å². The Bertz CT molecular complexity index is 916. The predicted molar refractivity (Wildman–Crippen MR) is 114 cm³/mol. The average Bonchev–Trinajstić information content (AvgIpc) is 3.12. The Hall–Kier alpha value is -2.35. The van der Waals surface area contributed by atoms with Gasteiger partial charge in [0.1, 0.15) is 5.65 Å². The first-order valence-corrected chi connectivity index (χ1v) is 10.7. The average molecular weight is 396 g/mol. The molecule has 7 heteroatoms. The Kier molecular flexibility index (Phi) is 5.95. The van der Waals surface area contributed by atoms with Crippen molar-refractivity contribution < 1.29 is 4.79 Å². The zero-order chi connectivity index (χ0) is 19.3. The zero-order valence-electron chi connectivity index (χ0n) is 16.0. The molecule has 0 aliphatic carbocycles. The van der Waals surface area contributed by atoms with Crippen molar-refractivity contribution in [2.24, 2.45) is 0 Å². The highest BCUT2D eigenvalue weighted by Crippen LogP contribution is 2.19. The highest BCUT2D eigenvalue weighted by Gasteiger charge is 2.20. The molecule has 1 amide bonds. The van der Waals surface area contributed by atoms with Crippen LogP contribution in [0.3, 0.4) is 0 Å². The molecule has 3 heterocycles. The van der Waals surface area contributed by atoms with E-state index >= 15 is 0 Å². The van der Waals surface area contributed by atoms with Crippen LogP contribution in [0.5, 0.6) is 0 Å². The fourth-order valence-electron chi connectivity index (χ4n) is 3.50. The van der Waals surface area contributed by atoms with E-state index in [1.54, 1.807) is 11.8 Å². The van der Waals surface area contributed by atoms with Crippen molar-refractivity contribution in [3.8, 4) is 0 Å². The third-order valence-corrected chi connectivity index (χ3v) is 5.71. The van der Waals surface area contributed by atoms with E-state index in [0.717, 1.165) is 54.6 Å². The summed E-state index contributed by atoms with van der Waals surface area (Å²) in [6.07, 6.45) is 6.15. The second-order valence-electron chi connectivity index (χ2n) is 7.03. The molecule has 0 unspecified atom stereocenters. The Balaban J connectivity index is 1.25. The molecule has 0 spiro atoms. The molecule has 0 saturated carbocycles. The van der Waals surface area contributed by atoms with Crippen LogP contribution in [-0.4, -0.2) is 64.1 Å². The van der Waals surface area contributed by atoms with Gasteiger partial charge in [0, 0.05) is 55.7 Å². The van der Waals surface area contributed by atoms with Crippen molar-refractivity contribution in [3.63, 3.8) is 0 Å². The lowest BCUT2D eigenvalue weighted by molar-refractivity contribution is -0.117. The number of carbonyl (C=O) groups is 1. The van der Waals surface area contributed by atoms with E-state index in [2.05, 4.69) is 30.7 Å². The highest BCUT2D eigenvalue weighted by molar-refractivity contribution is 7.98. The lowest BCUT2D eigenvalue weighted by Gasteiger charge is -2.33. The van der Waals surface area contributed by atoms with Gasteiger partial charge in [-0.05, 0) is 36.6 Å². The Morgan fingerprint density at radius 2 is 1.93 bits per heavy atom. The number of fused-ring (bicyclic) bond motifs is 1. The quantitative estimate of drug-likeness (QED) is 0.651. The van der Waals surface area contributed by atoms with Crippen molar-refractivity contribution in [1.29, 1.82) is 0 Å². The number of imidazole rings is 1. The van der Waals surface area contributed by atoms with Gasteiger partial charge in [-0.15, -0.1) is 11.8 Å². The Morgan fingerprint density at radius 3 is 2.71 bits per heavy atom. The number of benzene rings is 1. The van der Waals surface area contributed by atoms with Crippen molar-refractivity contribution in [3.05, 3.63) is 60.6 Å². The highest BCUT2D eigenvalue weighted by atomic mass is 32.2. The number of nitrogens with one attached hydrogen (secondary N) is 1. The van der Waals surface area contributed by atoms with Gasteiger partial charge in [-0.3, -0.25) is 14.6 Å². The minimum absolute atomic E-state index is 0.0482. The normalized spacial score (nSPS) is 15.8. The predicted octanol–water partition coefficient (Wildman–Crippen LogP) is 2.81. The van der Waals surface area contributed by atoms with Gasteiger partial charge >= 0.3 is 0 Å². The van der Waals surface area contributed by atoms with Crippen LogP contribution in [0, 0.1) is 0 Å². The minimum atomic E-state index is 0.0482. The number of thioether (sulfide) groups is 1. The van der Waals surface area contributed by atoms with Gasteiger partial charge in [0.25, 0.3) is 0 Å². The van der Waals surface area contributed by atoms with E-state index < -0.39 is 0 Å². The van der Waals surface area contributed by atoms with Gasteiger partial charge in [0.2, 0.25) is 5.91 Å². The van der Waals surface area contributed by atoms with Gasteiger partial charge in [0.05, 0.1) is 12.2 Å². The van der Waals surface area contributed by atoms with E-state index in [9.17, 15) is 4.79 Å². The molecule has 146 valence electrons. The number of carbonyl (C=O) groups excluding carboxylic acids is 1. The number of nitrogens with zero attached hydrogens (tertiary/aromatic N) is 4. The molecule has 1 aromatic carbocycles. The number of amides is 1. The minimum Gasteiger partial charge on any atom is -0.325 e. The summed E-state index contributed by atoms with van der Waals surface area (Å²) in [5.74, 6) is 0.0482. The van der Waals surface area contributed by atoms with E-state index in [1.807, 2.05) is 54.9 Å². The fraction of sp³-hybridized carbons (Fsp3) is 0.333. The summed E-state index contributed by atoms with van der Waals surface area (Å²) in [6, 6.07) is 14.0. The molecule has 1 aliphatic heterocycles. The molecule has 6 nitrogen and oxygen atoms in total. The molecule has 28 heavy (non-hydrogen) atoms. The number of pyridine rings is 1. The molecule has 4 rings (SSSR count). The van der Waals surface area contributed by atoms with Gasteiger partial charge in [-0.25, -0.2) is 4.98 Å². The number of anilines is 1. The summed E-state index contributed by atoms with van der Waals surface area (Å²) in [6.45, 7) is 4.97. The Morgan fingerprint density at radius 1 is 1.11 bits per heavy atom. The van der Waals surface area contributed by atoms with E-state index in [4.69, 9.17) is 0 Å². The van der Waals surface area contributed by atoms with Crippen LogP contribution in [0.4, 0.5) is 5.69 Å². The van der Waals surface area contributed by atoms with Gasteiger partial charge in [-0.1, -0.05) is 12.1 Å². The molecule has 0 atom stereocenters. The van der Waals surface area contributed by atoms with Crippen LogP contribution >= 0.6 is 11.8 Å². The zero-order valence-corrected chi connectivity index (χ0v) is 16.9. The van der Waals surface area contributed by atoms with Gasteiger partial charge in [0.15, 0.2) is 0 Å². The largest absolute Gasteiger partial charge is 0.325 e. The molecule has 1 fully saturated rings. The van der Waals surface area contributed by atoms with Gasteiger partial charge < -0.3 is 9.72 Å². The molecule has 0 bridgehead atoms. The summed E-state index contributed by atoms with van der Waals surface area (Å²) in [5, 5.41) is 3.01. The topological polar surface area (TPSA) is 52.9 Å². The molecular formula is C21H25N5OS. The lowest BCUT2D eigenvalue weighted by atomic mass is 10.3. The third-order valence-electron chi connectivity index (χ3n) is 4.99. The summed E-state index contributed by atoms with van der Waals surface area (Å²) in [5.41, 5.74) is 2.94. The standard InChI is InChI=1S/C21H25N5OS/c1-28-19-6-4-5-17(13-19)23-21(27)16-25-11-9-24(10-12-25)14-18-15-26-8-3-2-7-20(26)22-18/h2-8,13,15H,9-12,14,16H2,1H3,(H,23,27). The Labute approximate surface area is 169 Å². The molecule has 1 aliphatic rings. The first-order chi connectivity index (χ1) is 13.7. The van der Waals surface area contributed by atoms with Crippen molar-refractivity contribution in [2.75, 3.05) is 44.3 Å². The number of hydrogen-bond donors (Lipinski definition) is 1. The SMILES string of the molecule is CSc1cccc(NC(=O)CN2CCN(Cc3cn4ccccc4n3)CC2)c1. The van der Waals surface area contributed by atoms with Crippen molar-refractivity contribution in [1.82, 2.24) is 19.2 Å². The first-order valence-electron chi connectivity index (χ1n) is 9.51. The second kappa shape index (κ2) is 8.77. The van der Waals surface area contributed by atoms with E-state index in [-0.39, 0.29) is 5.91 Å². The molecule has 0 radical (unpaired) electrons. The van der Waals surface area contributed by atoms with E-state index in [1.165, 1.54) is 0 Å². The smallest absolute Gasteiger partial charge is 0.238 e. The molecule has 1 N–H and O–H groups in total. The maximum absolute atomic E-state index is 12.4. The maximum atomic E-state index is 12.4. The lowest BCUT2D eigenvalue weighted by Crippen LogP contribution is -2.48. The number of rotatable bonds is 6. The fourth-order valence-corrected chi connectivity index (χ4v) is 3.96. The summed E-state index contributed by atoms with van der Waals surface area (Å²) in [7, 11) is 0. The summed E-state index contributed by atoms with van der Waals surface area (Å²) in [4.78, 5) is 22.8. The third kappa shape index (κ3) is 4.73. The molecule has 3 aromatic rings. The van der Waals surface area contributed by atoms with E-state index in [0.29, 0.717) is 6.54 Å². The van der Waals surface area contributed by atoms with Crippen molar-refractivity contribution >= 4 is 29.0 Å². The number of aromatic nitrogens is 2. The summed E-state index contributed by atoms with van der Waals surface area (Å²) < 4.78 is 2.06. The van der Waals surface area contributed by atoms with Crippen LogP contribution in [0.2, 0.25) is 0 Å². The number of hydrogen-bond acceptors (Lipinski definition) is 5. The van der Waals surface area contributed by atoms with Crippen LogP contribution in [0.25, 0.3) is 5.65 Å². The molecule has 1 saturated heterocycles. The summed E-state index contributed by atoms with van der Waals surface area (Å²) >= 11 is 1.67. The maximum Gasteiger partial charge on any atom is 0.238 e. The second-order valence-corrected chi connectivity index (χ2v) is 7.91. The number of piperazine rings is 1. The van der Waals surface area contributed by atoms with Crippen LogP contribution in [0.1, 0.15) is 5.69 Å². The monoisotopic (exact) mass is 395 g/mol. The van der Waals surface area contributed by atoms with Crippen LogP contribution < -0.4 is 5.32 Å². The molecule has 2 aromatic heterocycles. The van der Waals surface area contributed by atoms with Crippen molar-refractivity contribution in [2.45, 2.75) is 11.4 Å². The molecular weight excluding hydrogens is 370 g/mol. The van der Waals surface area contributed by atoms with Gasteiger partial charge in [-0.2, -0.15) is 0 Å². The van der Waals surface area contributed by atoms with Crippen LogP contribution in [0.15, 0.2) is 59.8 Å². The first kappa shape index (κ1) is 19.0.